The van der Waals surface area contributed by atoms with Gasteiger partial charge in [0.05, 0.1) is 10.6 Å². The molecule has 0 aliphatic heterocycles. The standard InChI is InChI=1S/C15H11BrN6O3/c16-12-3-1-2-4-13(12)17-14(23)9-21-19-15(18-20-21)10-5-7-11(8-6-10)22(24)25/h1-8H,9H2,(H,17,23). The van der Waals surface area contributed by atoms with E-state index in [2.05, 4.69) is 36.7 Å². The number of anilines is 1. The number of carbonyl (C=O) groups excluding carboxylic acids is 1. The monoisotopic (exact) mass is 402 g/mol. The zero-order valence-electron chi connectivity index (χ0n) is 12.7. The van der Waals surface area contributed by atoms with Crippen molar-refractivity contribution in [1.82, 2.24) is 20.2 Å². The maximum absolute atomic E-state index is 12.1. The van der Waals surface area contributed by atoms with E-state index in [0.717, 1.165) is 9.27 Å². The number of nitro benzene ring substituents is 1. The highest BCUT2D eigenvalue weighted by molar-refractivity contribution is 9.10. The van der Waals surface area contributed by atoms with E-state index in [4.69, 9.17) is 0 Å². The molecule has 1 N–H and O–H groups in total. The number of aromatic nitrogens is 4. The second-order valence-corrected chi connectivity index (χ2v) is 5.83. The number of nitro groups is 1. The van der Waals surface area contributed by atoms with Crippen molar-refractivity contribution in [2.75, 3.05) is 5.32 Å². The van der Waals surface area contributed by atoms with Gasteiger partial charge in [0.1, 0.15) is 6.54 Å². The summed E-state index contributed by atoms with van der Waals surface area (Å²) in [5.41, 5.74) is 1.19. The van der Waals surface area contributed by atoms with Crippen molar-refractivity contribution in [2.45, 2.75) is 6.54 Å². The van der Waals surface area contributed by atoms with Gasteiger partial charge in [-0.25, -0.2) is 0 Å². The average Bonchev–Trinajstić information content (AvgIpc) is 3.05. The Balaban J connectivity index is 1.68. The molecule has 1 amide bonds. The quantitative estimate of drug-likeness (QED) is 0.517. The number of halogens is 1. The summed E-state index contributed by atoms with van der Waals surface area (Å²) in [6.07, 6.45) is 0. The molecule has 0 bridgehead atoms. The number of tetrazole rings is 1. The summed E-state index contributed by atoms with van der Waals surface area (Å²) in [6.45, 7) is -0.110. The predicted molar refractivity (Wildman–Crippen MR) is 92.7 cm³/mol. The van der Waals surface area contributed by atoms with E-state index in [-0.39, 0.29) is 24.0 Å². The van der Waals surface area contributed by atoms with Gasteiger partial charge in [0.25, 0.3) is 5.69 Å². The van der Waals surface area contributed by atoms with Crippen molar-refractivity contribution in [3.63, 3.8) is 0 Å². The van der Waals surface area contributed by atoms with Gasteiger partial charge in [0, 0.05) is 22.2 Å². The maximum Gasteiger partial charge on any atom is 0.269 e. The Morgan fingerprint density at radius 3 is 2.60 bits per heavy atom. The lowest BCUT2D eigenvalue weighted by Crippen LogP contribution is -2.20. The smallest absolute Gasteiger partial charge is 0.269 e. The highest BCUT2D eigenvalue weighted by Gasteiger charge is 2.12. The van der Waals surface area contributed by atoms with Crippen molar-refractivity contribution >= 4 is 33.2 Å². The molecule has 126 valence electrons. The van der Waals surface area contributed by atoms with Gasteiger partial charge in [0.15, 0.2) is 0 Å². The molecule has 10 heteroatoms. The van der Waals surface area contributed by atoms with Gasteiger partial charge in [-0.3, -0.25) is 14.9 Å². The molecule has 0 saturated heterocycles. The van der Waals surface area contributed by atoms with Gasteiger partial charge in [-0.05, 0) is 45.4 Å². The van der Waals surface area contributed by atoms with Crippen LogP contribution >= 0.6 is 15.9 Å². The molecule has 1 aromatic heterocycles. The number of carbonyl (C=O) groups is 1. The van der Waals surface area contributed by atoms with Gasteiger partial charge in [-0.2, -0.15) is 4.80 Å². The van der Waals surface area contributed by atoms with Crippen LogP contribution in [0.15, 0.2) is 53.0 Å². The summed E-state index contributed by atoms with van der Waals surface area (Å²) in [4.78, 5) is 23.4. The van der Waals surface area contributed by atoms with Crippen LogP contribution in [-0.2, 0) is 11.3 Å². The van der Waals surface area contributed by atoms with E-state index >= 15 is 0 Å². The molecule has 25 heavy (non-hydrogen) atoms. The van der Waals surface area contributed by atoms with Gasteiger partial charge < -0.3 is 5.32 Å². The summed E-state index contributed by atoms with van der Waals surface area (Å²) < 4.78 is 0.765. The van der Waals surface area contributed by atoms with Crippen LogP contribution in [0.5, 0.6) is 0 Å². The number of rotatable bonds is 5. The topological polar surface area (TPSA) is 116 Å². The number of nitrogens with zero attached hydrogens (tertiary/aromatic N) is 5. The van der Waals surface area contributed by atoms with E-state index < -0.39 is 4.92 Å². The number of benzene rings is 2. The number of hydrogen-bond acceptors (Lipinski definition) is 6. The third-order valence-corrected chi connectivity index (χ3v) is 3.91. The van der Waals surface area contributed by atoms with Crippen LogP contribution in [0, 0.1) is 10.1 Å². The minimum Gasteiger partial charge on any atom is -0.323 e. The summed E-state index contributed by atoms with van der Waals surface area (Å²) >= 11 is 3.35. The fraction of sp³-hybridized carbons (Fsp3) is 0.0667. The lowest BCUT2D eigenvalue weighted by molar-refractivity contribution is -0.384. The van der Waals surface area contributed by atoms with Crippen LogP contribution in [0.1, 0.15) is 0 Å². The maximum atomic E-state index is 12.1. The van der Waals surface area contributed by atoms with Crippen LogP contribution in [0.3, 0.4) is 0 Å². The molecule has 0 unspecified atom stereocenters. The van der Waals surface area contributed by atoms with Crippen LogP contribution < -0.4 is 5.32 Å². The number of hydrogen-bond donors (Lipinski definition) is 1. The number of non-ortho nitro benzene ring substituents is 1. The first-order chi connectivity index (χ1) is 12.0. The van der Waals surface area contributed by atoms with Crippen LogP contribution in [-0.4, -0.2) is 31.0 Å². The Labute approximate surface area is 149 Å². The highest BCUT2D eigenvalue weighted by atomic mass is 79.9. The van der Waals surface area contributed by atoms with Gasteiger partial charge in [-0.1, -0.05) is 12.1 Å². The minimum absolute atomic E-state index is 0.0241. The molecule has 0 atom stereocenters. The first kappa shape index (κ1) is 16.7. The van der Waals surface area contributed by atoms with E-state index in [0.29, 0.717) is 11.3 Å². The second-order valence-electron chi connectivity index (χ2n) is 4.98. The third-order valence-electron chi connectivity index (χ3n) is 3.22. The normalized spacial score (nSPS) is 10.4. The summed E-state index contributed by atoms with van der Waals surface area (Å²) in [7, 11) is 0. The minimum atomic E-state index is -0.486. The second kappa shape index (κ2) is 7.18. The molecule has 0 spiro atoms. The van der Waals surface area contributed by atoms with Gasteiger partial charge >= 0.3 is 0 Å². The summed E-state index contributed by atoms with van der Waals surface area (Å²) in [5, 5.41) is 25.2. The molecule has 0 fully saturated rings. The predicted octanol–water partition coefficient (Wildman–Crippen LogP) is 2.65. The van der Waals surface area contributed by atoms with Crippen LogP contribution in [0.25, 0.3) is 11.4 Å². The highest BCUT2D eigenvalue weighted by Crippen LogP contribution is 2.21. The lowest BCUT2D eigenvalue weighted by atomic mass is 10.2. The number of para-hydroxylation sites is 1. The number of amides is 1. The van der Waals surface area contributed by atoms with E-state index in [1.54, 1.807) is 12.1 Å². The molecular weight excluding hydrogens is 392 g/mol. The van der Waals surface area contributed by atoms with Crippen molar-refractivity contribution in [3.8, 4) is 11.4 Å². The molecule has 9 nitrogen and oxygen atoms in total. The van der Waals surface area contributed by atoms with E-state index in [1.165, 1.54) is 24.3 Å². The Hall–Kier alpha value is -3.14. The first-order valence-corrected chi connectivity index (χ1v) is 7.89. The molecule has 0 aliphatic rings. The van der Waals surface area contributed by atoms with Crippen molar-refractivity contribution in [1.29, 1.82) is 0 Å². The Morgan fingerprint density at radius 1 is 1.20 bits per heavy atom. The van der Waals surface area contributed by atoms with Crippen molar-refractivity contribution < 1.29 is 9.72 Å². The van der Waals surface area contributed by atoms with Crippen molar-refractivity contribution in [3.05, 3.63) is 63.1 Å². The average molecular weight is 403 g/mol. The largest absolute Gasteiger partial charge is 0.323 e. The molecule has 3 aromatic rings. The summed E-state index contributed by atoms with van der Waals surface area (Å²) in [5.74, 6) is -0.0249. The Bertz CT molecular complexity index is 925. The molecule has 0 saturated carbocycles. The molecule has 0 aliphatic carbocycles. The molecule has 3 rings (SSSR count). The van der Waals surface area contributed by atoms with Gasteiger partial charge in [0.2, 0.25) is 11.7 Å². The fourth-order valence-corrected chi connectivity index (χ4v) is 2.42. The lowest BCUT2D eigenvalue weighted by Gasteiger charge is -2.06. The third kappa shape index (κ3) is 4.04. The fourth-order valence-electron chi connectivity index (χ4n) is 2.04. The zero-order chi connectivity index (χ0) is 17.8. The zero-order valence-corrected chi connectivity index (χ0v) is 14.3. The molecular formula is C15H11BrN6O3. The molecule has 2 aromatic carbocycles. The molecule has 0 radical (unpaired) electrons. The SMILES string of the molecule is O=C(Cn1nnc(-c2ccc([N+](=O)[O-])cc2)n1)Nc1ccccc1Br. The number of nitrogens with one attached hydrogen (secondary N) is 1. The van der Waals surface area contributed by atoms with Crippen LogP contribution in [0.2, 0.25) is 0 Å². The van der Waals surface area contributed by atoms with Gasteiger partial charge in [-0.15, -0.1) is 10.2 Å². The van der Waals surface area contributed by atoms with E-state index in [1.807, 2.05) is 12.1 Å². The van der Waals surface area contributed by atoms with Crippen LogP contribution in [0.4, 0.5) is 11.4 Å². The Kier molecular flexibility index (Phi) is 4.80. The Morgan fingerprint density at radius 2 is 1.92 bits per heavy atom. The first-order valence-electron chi connectivity index (χ1n) is 7.10. The van der Waals surface area contributed by atoms with E-state index in [9.17, 15) is 14.9 Å². The molecule has 1 heterocycles. The summed E-state index contributed by atoms with van der Waals surface area (Å²) in [6, 6.07) is 13.0. The van der Waals surface area contributed by atoms with Crippen molar-refractivity contribution in [2.24, 2.45) is 0 Å².